The van der Waals surface area contributed by atoms with Crippen LogP contribution in [0.4, 0.5) is 4.39 Å². The molecular weight excluding hydrogens is 273 g/mol. The third-order valence-electron chi connectivity index (χ3n) is 3.34. The van der Waals surface area contributed by atoms with Gasteiger partial charge in [-0.05, 0) is 24.7 Å². The number of morpholine rings is 1. The maximum absolute atomic E-state index is 13.2. The summed E-state index contributed by atoms with van der Waals surface area (Å²) in [5.74, 6) is 5.33. The van der Waals surface area contributed by atoms with E-state index in [1.54, 1.807) is 6.07 Å². The minimum absolute atomic E-state index is 0.00223. The fourth-order valence-corrected chi connectivity index (χ4v) is 2.21. The predicted octanol–water partition coefficient (Wildman–Crippen LogP) is 1.27. The summed E-state index contributed by atoms with van der Waals surface area (Å²) in [6, 6.07) is 4.19. The van der Waals surface area contributed by atoms with Crippen molar-refractivity contribution >= 4 is 0 Å². The van der Waals surface area contributed by atoms with E-state index >= 15 is 0 Å². The second-order valence-electron chi connectivity index (χ2n) is 4.80. The molecule has 114 valence electrons. The van der Waals surface area contributed by atoms with Gasteiger partial charge in [0.05, 0.1) is 12.2 Å². The highest BCUT2D eigenvalue weighted by Gasteiger charge is 2.20. The molecule has 1 atom stereocenters. The number of likely N-dealkylation sites (N-methyl/N-ethyl adjacent to an activating group) is 1. The minimum Gasteiger partial charge on any atom is -0.490 e. The van der Waals surface area contributed by atoms with Gasteiger partial charge < -0.3 is 14.6 Å². The number of halogens is 1. The molecule has 1 saturated heterocycles. The van der Waals surface area contributed by atoms with Gasteiger partial charge in [-0.1, -0.05) is 18.8 Å². The summed E-state index contributed by atoms with van der Waals surface area (Å²) in [4.78, 5) is 2.30. The third-order valence-corrected chi connectivity index (χ3v) is 3.34. The van der Waals surface area contributed by atoms with Crippen molar-refractivity contribution in [3.05, 3.63) is 29.6 Å². The molecule has 1 aromatic rings. The normalized spacial score (nSPS) is 18.9. The molecule has 4 nitrogen and oxygen atoms in total. The Bertz CT molecular complexity index is 524. The van der Waals surface area contributed by atoms with Gasteiger partial charge in [0, 0.05) is 13.1 Å². The van der Waals surface area contributed by atoms with Crippen LogP contribution in [-0.2, 0) is 4.74 Å². The van der Waals surface area contributed by atoms with Crippen molar-refractivity contribution in [2.45, 2.75) is 13.0 Å². The maximum Gasteiger partial charge on any atom is 0.135 e. The zero-order chi connectivity index (χ0) is 15.1. The molecule has 0 radical (unpaired) electrons. The van der Waals surface area contributed by atoms with Gasteiger partial charge in [-0.15, -0.1) is 0 Å². The van der Waals surface area contributed by atoms with Crippen molar-refractivity contribution in [1.29, 1.82) is 0 Å². The van der Waals surface area contributed by atoms with E-state index in [-0.39, 0.29) is 18.5 Å². The van der Waals surface area contributed by atoms with E-state index in [9.17, 15) is 4.39 Å². The first-order valence-electron chi connectivity index (χ1n) is 7.09. The number of benzene rings is 1. The summed E-state index contributed by atoms with van der Waals surface area (Å²) in [5, 5.41) is 8.74. The number of rotatable bonds is 4. The van der Waals surface area contributed by atoms with Crippen LogP contribution in [0, 0.1) is 17.7 Å². The van der Waals surface area contributed by atoms with Crippen LogP contribution >= 0.6 is 0 Å². The molecule has 1 N–H and O–H groups in total. The molecule has 1 aromatic carbocycles. The van der Waals surface area contributed by atoms with E-state index in [4.69, 9.17) is 14.6 Å². The van der Waals surface area contributed by atoms with Crippen molar-refractivity contribution in [2.24, 2.45) is 0 Å². The first-order valence-corrected chi connectivity index (χ1v) is 7.09. The Morgan fingerprint density at radius 3 is 3.14 bits per heavy atom. The van der Waals surface area contributed by atoms with Crippen molar-refractivity contribution < 1.29 is 19.0 Å². The molecule has 0 saturated carbocycles. The summed E-state index contributed by atoms with van der Waals surface area (Å²) in [5.41, 5.74) is 0.437. The van der Waals surface area contributed by atoms with Gasteiger partial charge in [0.1, 0.15) is 30.9 Å². The molecule has 0 amide bonds. The van der Waals surface area contributed by atoms with Crippen LogP contribution in [-0.4, -0.2) is 55.6 Å². The van der Waals surface area contributed by atoms with Crippen LogP contribution in [0.2, 0.25) is 0 Å². The highest BCUT2D eigenvalue weighted by Crippen LogP contribution is 2.19. The Labute approximate surface area is 124 Å². The van der Waals surface area contributed by atoms with E-state index < -0.39 is 0 Å². The van der Waals surface area contributed by atoms with E-state index in [0.717, 1.165) is 19.6 Å². The standard InChI is InChI=1S/C16H20FNO3/c1-2-18-7-9-20-15(11-18)12-21-16-6-5-14(17)10-13(16)4-3-8-19/h5-6,10,15,19H,2,7-9,11-12H2,1H3. The van der Waals surface area contributed by atoms with Gasteiger partial charge in [0.2, 0.25) is 0 Å². The molecule has 5 heteroatoms. The molecule has 1 fully saturated rings. The molecule has 1 unspecified atom stereocenters. The van der Waals surface area contributed by atoms with Crippen LogP contribution in [0.1, 0.15) is 12.5 Å². The van der Waals surface area contributed by atoms with Crippen LogP contribution in [0.15, 0.2) is 18.2 Å². The van der Waals surface area contributed by atoms with Crippen LogP contribution in [0.5, 0.6) is 5.75 Å². The quantitative estimate of drug-likeness (QED) is 0.849. The molecular formula is C16H20FNO3. The fraction of sp³-hybridized carbons (Fsp3) is 0.500. The Morgan fingerprint density at radius 1 is 1.52 bits per heavy atom. The Balaban J connectivity index is 1.99. The van der Waals surface area contributed by atoms with E-state index in [2.05, 4.69) is 23.7 Å². The highest BCUT2D eigenvalue weighted by atomic mass is 19.1. The first kappa shape index (κ1) is 15.8. The Hall–Kier alpha value is -1.61. The second kappa shape index (κ2) is 7.99. The number of nitrogens with zero attached hydrogens (tertiary/aromatic N) is 1. The second-order valence-corrected chi connectivity index (χ2v) is 4.80. The van der Waals surface area contributed by atoms with Gasteiger partial charge >= 0.3 is 0 Å². The van der Waals surface area contributed by atoms with Gasteiger partial charge in [-0.3, -0.25) is 4.90 Å². The summed E-state index contributed by atoms with van der Waals surface area (Å²) >= 11 is 0. The summed E-state index contributed by atoms with van der Waals surface area (Å²) < 4.78 is 24.6. The monoisotopic (exact) mass is 293 g/mol. The van der Waals surface area contributed by atoms with Crippen LogP contribution in [0.3, 0.4) is 0 Å². The van der Waals surface area contributed by atoms with E-state index in [1.165, 1.54) is 12.1 Å². The Morgan fingerprint density at radius 2 is 2.38 bits per heavy atom. The highest BCUT2D eigenvalue weighted by molar-refractivity contribution is 5.46. The topological polar surface area (TPSA) is 41.9 Å². The van der Waals surface area contributed by atoms with E-state index in [0.29, 0.717) is 24.5 Å². The van der Waals surface area contributed by atoms with Crippen molar-refractivity contribution in [1.82, 2.24) is 4.90 Å². The lowest BCUT2D eigenvalue weighted by atomic mass is 10.2. The number of ether oxygens (including phenoxy) is 2. The largest absolute Gasteiger partial charge is 0.490 e. The third kappa shape index (κ3) is 4.71. The average molecular weight is 293 g/mol. The maximum atomic E-state index is 13.2. The van der Waals surface area contributed by atoms with Crippen LogP contribution < -0.4 is 4.74 Å². The lowest BCUT2D eigenvalue weighted by Gasteiger charge is -2.31. The molecule has 1 aliphatic heterocycles. The van der Waals surface area contributed by atoms with Gasteiger partial charge in [-0.2, -0.15) is 0 Å². The molecule has 2 rings (SSSR count). The minimum atomic E-state index is -0.379. The fourth-order valence-electron chi connectivity index (χ4n) is 2.21. The lowest BCUT2D eigenvalue weighted by molar-refractivity contribution is -0.0464. The first-order chi connectivity index (χ1) is 10.2. The zero-order valence-corrected chi connectivity index (χ0v) is 12.1. The van der Waals surface area contributed by atoms with Crippen molar-refractivity contribution in [3.8, 4) is 17.6 Å². The summed E-state index contributed by atoms with van der Waals surface area (Å²) in [7, 11) is 0. The predicted molar refractivity (Wildman–Crippen MR) is 77.7 cm³/mol. The smallest absolute Gasteiger partial charge is 0.135 e. The van der Waals surface area contributed by atoms with Crippen molar-refractivity contribution in [3.63, 3.8) is 0 Å². The van der Waals surface area contributed by atoms with E-state index in [1.807, 2.05) is 0 Å². The lowest BCUT2D eigenvalue weighted by Crippen LogP contribution is -2.44. The van der Waals surface area contributed by atoms with Gasteiger partial charge in [-0.25, -0.2) is 4.39 Å². The molecule has 0 spiro atoms. The van der Waals surface area contributed by atoms with Crippen LogP contribution in [0.25, 0.3) is 0 Å². The summed E-state index contributed by atoms with van der Waals surface area (Å²) in [6.07, 6.45) is 0.00223. The zero-order valence-electron chi connectivity index (χ0n) is 12.1. The Kier molecular flexibility index (Phi) is 6.00. The molecule has 1 aliphatic rings. The van der Waals surface area contributed by atoms with Crippen molar-refractivity contribution in [2.75, 3.05) is 39.5 Å². The average Bonchev–Trinajstić information content (AvgIpc) is 2.52. The molecule has 0 aromatic heterocycles. The molecule has 1 heterocycles. The van der Waals surface area contributed by atoms with Gasteiger partial charge in [0.15, 0.2) is 0 Å². The number of hydrogen-bond donors (Lipinski definition) is 1. The number of aliphatic hydroxyl groups is 1. The number of aliphatic hydroxyl groups excluding tert-OH is 1. The van der Waals surface area contributed by atoms with Gasteiger partial charge in [0.25, 0.3) is 0 Å². The molecule has 21 heavy (non-hydrogen) atoms. The molecule has 0 bridgehead atoms. The summed E-state index contributed by atoms with van der Waals surface area (Å²) in [6.45, 7) is 5.70. The SMILES string of the molecule is CCN1CCOC(COc2ccc(F)cc2C#CCO)C1. The molecule has 0 aliphatic carbocycles. The number of hydrogen-bond acceptors (Lipinski definition) is 4.